The average molecular weight is 353 g/mol. The molecule has 3 N–H and O–H groups in total. The normalized spacial score (nSPS) is 26.4. The number of hydrogen-bond acceptors (Lipinski definition) is 7. The zero-order chi connectivity index (χ0) is 18.6. The van der Waals surface area contributed by atoms with E-state index in [9.17, 15) is 14.7 Å². The van der Waals surface area contributed by atoms with Crippen molar-refractivity contribution in [2.24, 2.45) is 5.92 Å². The number of Topliss-reactive ketones (excluding diaryl/α,β-unsaturated/α-hetero) is 1. The van der Waals surface area contributed by atoms with Crippen LogP contribution in [-0.2, 0) is 14.3 Å². The van der Waals surface area contributed by atoms with E-state index in [2.05, 4.69) is 10.6 Å². The Balaban J connectivity index is 1.67. The monoisotopic (exact) mass is 353 g/mol. The molecule has 0 aliphatic carbocycles. The SMILES string of the molecule is CC(=O)C1=CN[C@H](CCNC2CN(C(O)OC(C)(C)C)C2)[C@H](C=O)C1. The van der Waals surface area contributed by atoms with Gasteiger partial charge in [0.25, 0.3) is 0 Å². The highest BCUT2D eigenvalue weighted by Crippen LogP contribution is 2.21. The first-order valence-electron chi connectivity index (χ1n) is 8.94. The topological polar surface area (TPSA) is 90.9 Å². The van der Waals surface area contributed by atoms with Crippen LogP contribution in [0.4, 0.5) is 0 Å². The molecule has 0 bridgehead atoms. The Bertz CT molecular complexity index is 509. The van der Waals surface area contributed by atoms with Crippen LogP contribution in [0.25, 0.3) is 0 Å². The minimum absolute atomic E-state index is 0.0153. The van der Waals surface area contributed by atoms with Gasteiger partial charge in [-0.1, -0.05) is 0 Å². The van der Waals surface area contributed by atoms with Crippen LogP contribution in [0.15, 0.2) is 11.8 Å². The lowest BCUT2D eigenvalue weighted by atomic mass is 9.87. The summed E-state index contributed by atoms with van der Waals surface area (Å²) in [5.74, 6) is -0.146. The lowest BCUT2D eigenvalue weighted by Crippen LogP contribution is -2.62. The number of likely N-dealkylation sites (tertiary alicyclic amines) is 1. The molecule has 1 unspecified atom stereocenters. The van der Waals surface area contributed by atoms with Crippen LogP contribution in [0.3, 0.4) is 0 Å². The Labute approximate surface area is 149 Å². The van der Waals surface area contributed by atoms with Crippen molar-refractivity contribution in [3.63, 3.8) is 0 Å². The molecule has 1 saturated heterocycles. The molecule has 1 fully saturated rings. The molecule has 2 heterocycles. The van der Waals surface area contributed by atoms with Gasteiger partial charge in [0.15, 0.2) is 5.78 Å². The maximum absolute atomic E-state index is 11.4. The third-order valence-electron chi connectivity index (χ3n) is 4.64. The number of hydrogen-bond donors (Lipinski definition) is 3. The molecule has 0 spiro atoms. The number of aliphatic hydroxyl groups is 1. The van der Waals surface area contributed by atoms with Gasteiger partial charge >= 0.3 is 0 Å². The summed E-state index contributed by atoms with van der Waals surface area (Å²) in [6, 6.07) is 0.374. The maximum Gasteiger partial charge on any atom is 0.216 e. The first-order valence-corrected chi connectivity index (χ1v) is 8.94. The van der Waals surface area contributed by atoms with E-state index < -0.39 is 6.41 Å². The number of rotatable bonds is 8. The van der Waals surface area contributed by atoms with E-state index in [4.69, 9.17) is 4.74 Å². The lowest BCUT2D eigenvalue weighted by Gasteiger charge is -2.43. The molecule has 0 aromatic rings. The number of allylic oxidation sites excluding steroid dienone is 1. The molecule has 0 aromatic carbocycles. The van der Waals surface area contributed by atoms with E-state index >= 15 is 0 Å². The molecule has 0 saturated carbocycles. The second kappa shape index (κ2) is 8.40. The van der Waals surface area contributed by atoms with E-state index in [1.54, 1.807) is 6.20 Å². The Hall–Kier alpha value is -1.28. The number of carbonyl (C=O) groups excluding carboxylic acids is 2. The summed E-state index contributed by atoms with van der Waals surface area (Å²) in [4.78, 5) is 24.6. The summed E-state index contributed by atoms with van der Waals surface area (Å²) in [5.41, 5.74) is 0.310. The van der Waals surface area contributed by atoms with Gasteiger partial charge in [-0.3, -0.25) is 9.69 Å². The highest BCUT2D eigenvalue weighted by atomic mass is 16.6. The molecule has 0 radical (unpaired) electrons. The molecule has 2 aliphatic rings. The number of aliphatic hydroxyl groups excluding tert-OH is 1. The number of ether oxygens (including phenoxy) is 1. The van der Waals surface area contributed by atoms with Crippen molar-refractivity contribution in [1.29, 1.82) is 0 Å². The first-order chi connectivity index (χ1) is 11.7. The summed E-state index contributed by atoms with van der Waals surface area (Å²) >= 11 is 0. The minimum Gasteiger partial charge on any atom is -0.387 e. The van der Waals surface area contributed by atoms with Crippen molar-refractivity contribution in [1.82, 2.24) is 15.5 Å². The second-order valence-electron chi connectivity index (χ2n) is 7.95. The predicted molar refractivity (Wildman–Crippen MR) is 94.7 cm³/mol. The second-order valence-corrected chi connectivity index (χ2v) is 7.95. The van der Waals surface area contributed by atoms with Gasteiger partial charge in [-0.25, -0.2) is 0 Å². The van der Waals surface area contributed by atoms with Crippen molar-refractivity contribution in [2.75, 3.05) is 19.6 Å². The fraction of sp³-hybridized carbons (Fsp3) is 0.778. The molecule has 2 rings (SSSR count). The van der Waals surface area contributed by atoms with E-state index in [1.807, 2.05) is 25.7 Å². The quantitative estimate of drug-likeness (QED) is 0.429. The van der Waals surface area contributed by atoms with Crippen LogP contribution in [0.2, 0.25) is 0 Å². The minimum atomic E-state index is -0.868. The maximum atomic E-state index is 11.4. The summed E-state index contributed by atoms with van der Waals surface area (Å²) in [5, 5.41) is 16.6. The van der Waals surface area contributed by atoms with Gasteiger partial charge in [0.2, 0.25) is 6.41 Å². The molecular formula is C18H31N3O4. The van der Waals surface area contributed by atoms with Crippen molar-refractivity contribution in [3.8, 4) is 0 Å². The van der Waals surface area contributed by atoms with Gasteiger partial charge in [0, 0.05) is 42.9 Å². The first kappa shape index (κ1) is 20.0. The fourth-order valence-electron chi connectivity index (χ4n) is 3.13. The third kappa shape index (κ3) is 5.88. The summed E-state index contributed by atoms with van der Waals surface area (Å²) in [6.45, 7) is 9.52. The summed E-state index contributed by atoms with van der Waals surface area (Å²) in [7, 11) is 0. The van der Waals surface area contributed by atoms with Gasteiger partial charge in [-0.05, 0) is 47.1 Å². The Kier molecular flexibility index (Phi) is 6.73. The highest BCUT2D eigenvalue weighted by Gasteiger charge is 2.34. The van der Waals surface area contributed by atoms with Crippen LogP contribution in [0.5, 0.6) is 0 Å². The van der Waals surface area contributed by atoms with E-state index in [0.717, 1.165) is 32.3 Å². The van der Waals surface area contributed by atoms with Crippen LogP contribution >= 0.6 is 0 Å². The summed E-state index contributed by atoms with van der Waals surface area (Å²) in [6.07, 6.45) is 3.15. The van der Waals surface area contributed by atoms with Crippen LogP contribution < -0.4 is 10.6 Å². The van der Waals surface area contributed by atoms with Gasteiger partial charge in [0.05, 0.1) is 5.60 Å². The van der Waals surface area contributed by atoms with Crippen molar-refractivity contribution >= 4 is 12.1 Å². The van der Waals surface area contributed by atoms with E-state index in [0.29, 0.717) is 18.0 Å². The zero-order valence-electron chi connectivity index (χ0n) is 15.6. The number of aldehydes is 1. The standard InChI is InChI=1S/C18H31N3O4/c1-12(23)13-7-14(11-22)16(20-8-13)5-6-19-15-9-21(10-15)17(24)25-18(2,3)4/h8,11,14-17,19-20,24H,5-7,9-10H2,1-4H3/t14-,16+,17?/m0/s1. The molecule has 7 heteroatoms. The number of nitrogens with zero attached hydrogens (tertiary/aromatic N) is 1. The van der Waals surface area contributed by atoms with Crippen molar-refractivity contribution in [3.05, 3.63) is 11.8 Å². The van der Waals surface area contributed by atoms with Crippen LogP contribution in [-0.4, -0.2) is 65.8 Å². The average Bonchev–Trinajstić information content (AvgIpc) is 2.47. The van der Waals surface area contributed by atoms with Gasteiger partial charge in [0.1, 0.15) is 6.29 Å². The molecule has 2 aliphatic heterocycles. The predicted octanol–water partition coefficient (Wildman–Crippen LogP) is 0.391. The molecule has 7 nitrogen and oxygen atoms in total. The number of ketones is 1. The molecular weight excluding hydrogens is 322 g/mol. The lowest BCUT2D eigenvalue weighted by molar-refractivity contribution is -0.256. The molecule has 0 amide bonds. The zero-order valence-corrected chi connectivity index (χ0v) is 15.6. The van der Waals surface area contributed by atoms with Crippen molar-refractivity contribution < 1.29 is 19.4 Å². The molecule has 3 atom stereocenters. The molecule has 142 valence electrons. The fourth-order valence-corrected chi connectivity index (χ4v) is 3.13. The molecule has 25 heavy (non-hydrogen) atoms. The Morgan fingerprint density at radius 2 is 2.20 bits per heavy atom. The van der Waals surface area contributed by atoms with Crippen molar-refractivity contribution in [2.45, 2.75) is 64.6 Å². The van der Waals surface area contributed by atoms with E-state index in [1.165, 1.54) is 6.92 Å². The Morgan fingerprint density at radius 1 is 1.52 bits per heavy atom. The number of nitrogens with one attached hydrogen (secondary N) is 2. The van der Waals surface area contributed by atoms with E-state index in [-0.39, 0.29) is 23.3 Å². The van der Waals surface area contributed by atoms with Crippen LogP contribution in [0, 0.1) is 5.92 Å². The number of carbonyl (C=O) groups is 2. The molecule has 0 aromatic heterocycles. The highest BCUT2D eigenvalue weighted by molar-refractivity contribution is 5.93. The van der Waals surface area contributed by atoms with Gasteiger partial charge in [-0.15, -0.1) is 0 Å². The Morgan fingerprint density at radius 3 is 2.76 bits per heavy atom. The van der Waals surface area contributed by atoms with Crippen LogP contribution in [0.1, 0.15) is 40.5 Å². The van der Waals surface area contributed by atoms with Gasteiger partial charge in [-0.2, -0.15) is 0 Å². The largest absolute Gasteiger partial charge is 0.387 e. The van der Waals surface area contributed by atoms with Gasteiger partial charge < -0.3 is 25.3 Å². The summed E-state index contributed by atoms with van der Waals surface area (Å²) < 4.78 is 5.52. The smallest absolute Gasteiger partial charge is 0.216 e. The third-order valence-corrected chi connectivity index (χ3v) is 4.64.